The fourth-order valence-corrected chi connectivity index (χ4v) is 3.18. The summed E-state index contributed by atoms with van der Waals surface area (Å²) >= 11 is 9.52. The van der Waals surface area contributed by atoms with E-state index in [4.69, 9.17) is 11.6 Å². The van der Waals surface area contributed by atoms with Crippen LogP contribution in [0.2, 0.25) is 5.28 Å². The molecule has 0 unspecified atom stereocenters. The zero-order valence-electron chi connectivity index (χ0n) is 14.2. The molecule has 0 fully saturated rings. The van der Waals surface area contributed by atoms with Crippen LogP contribution in [0.3, 0.4) is 0 Å². The molecule has 3 aromatic rings. The summed E-state index contributed by atoms with van der Waals surface area (Å²) in [6.07, 6.45) is 0. The van der Waals surface area contributed by atoms with Gasteiger partial charge in [0.2, 0.25) is 11.2 Å². The van der Waals surface area contributed by atoms with Gasteiger partial charge >= 0.3 is 5.69 Å². The van der Waals surface area contributed by atoms with E-state index in [-0.39, 0.29) is 28.9 Å². The fourth-order valence-electron chi connectivity index (χ4n) is 2.58. The number of fused-ring (bicyclic) bond motifs is 1. The Morgan fingerprint density at radius 1 is 1.27 bits per heavy atom. The number of nitrogens with zero attached hydrogens (tertiary/aromatic N) is 4. The van der Waals surface area contributed by atoms with Crippen LogP contribution in [0.4, 0.5) is 5.69 Å². The summed E-state index contributed by atoms with van der Waals surface area (Å²) in [4.78, 5) is 40.9. The van der Waals surface area contributed by atoms with Gasteiger partial charge in [-0.3, -0.25) is 23.3 Å². The smallest absolute Gasteiger partial charge is 0.324 e. The number of hydrogen-bond donors (Lipinski definition) is 1. The molecule has 0 aliphatic carbocycles. The van der Waals surface area contributed by atoms with Crippen molar-refractivity contribution in [2.24, 2.45) is 14.1 Å². The van der Waals surface area contributed by atoms with Crippen LogP contribution in [0.15, 0.2) is 32.3 Å². The van der Waals surface area contributed by atoms with Gasteiger partial charge in [0, 0.05) is 24.3 Å². The number of rotatable bonds is 3. The van der Waals surface area contributed by atoms with Crippen LogP contribution in [-0.2, 0) is 25.4 Å². The van der Waals surface area contributed by atoms with Crippen LogP contribution in [-0.4, -0.2) is 24.6 Å². The Bertz CT molecular complexity index is 1160. The van der Waals surface area contributed by atoms with Crippen LogP contribution >= 0.6 is 27.5 Å². The maximum absolute atomic E-state index is 12.4. The van der Waals surface area contributed by atoms with Crippen LogP contribution < -0.4 is 16.6 Å². The number of carbonyl (C=O) groups excluding carboxylic acids is 1. The zero-order valence-corrected chi connectivity index (χ0v) is 16.6. The van der Waals surface area contributed by atoms with Crippen molar-refractivity contribution in [2.45, 2.75) is 13.5 Å². The van der Waals surface area contributed by atoms with E-state index < -0.39 is 11.2 Å². The van der Waals surface area contributed by atoms with Gasteiger partial charge in [0.25, 0.3) is 5.56 Å². The monoisotopic (exact) mass is 439 g/mol. The maximum Gasteiger partial charge on any atom is 0.332 e. The van der Waals surface area contributed by atoms with Gasteiger partial charge in [-0.2, -0.15) is 4.98 Å². The molecule has 10 heteroatoms. The van der Waals surface area contributed by atoms with Crippen LogP contribution in [0.5, 0.6) is 0 Å². The molecule has 0 bridgehead atoms. The first-order valence-electron chi connectivity index (χ1n) is 7.58. The second-order valence-electron chi connectivity index (χ2n) is 5.86. The van der Waals surface area contributed by atoms with Crippen molar-refractivity contribution in [1.82, 2.24) is 18.7 Å². The highest BCUT2D eigenvalue weighted by Gasteiger charge is 2.19. The summed E-state index contributed by atoms with van der Waals surface area (Å²) in [5.41, 5.74) is 0.796. The molecule has 136 valence electrons. The van der Waals surface area contributed by atoms with E-state index in [0.29, 0.717) is 5.69 Å². The predicted molar refractivity (Wildman–Crippen MR) is 103 cm³/mol. The normalized spacial score (nSPS) is 11.1. The van der Waals surface area contributed by atoms with Crippen molar-refractivity contribution in [2.75, 3.05) is 5.32 Å². The summed E-state index contributed by atoms with van der Waals surface area (Å²) in [6, 6.07) is 5.42. The molecule has 26 heavy (non-hydrogen) atoms. The first kappa shape index (κ1) is 18.4. The first-order chi connectivity index (χ1) is 12.2. The Labute approximate surface area is 161 Å². The number of amides is 1. The molecule has 0 atom stereocenters. The summed E-state index contributed by atoms with van der Waals surface area (Å²) in [7, 11) is 2.85. The Hall–Kier alpha value is -2.39. The Morgan fingerprint density at radius 2 is 1.96 bits per heavy atom. The quantitative estimate of drug-likeness (QED) is 0.629. The molecule has 2 heterocycles. The number of aryl methyl sites for hydroxylation is 2. The SMILES string of the molecule is Cc1ccc(NC(=O)Cn2c(Cl)nc3c2c(=O)n(C)c(=O)n3C)cc1Br. The largest absolute Gasteiger partial charge is 0.332 e. The van der Waals surface area contributed by atoms with Crippen molar-refractivity contribution in [3.8, 4) is 0 Å². The summed E-state index contributed by atoms with van der Waals surface area (Å²) in [6.45, 7) is 1.72. The third-order valence-corrected chi connectivity index (χ3v) is 5.20. The molecule has 3 rings (SSSR count). The number of halogens is 2. The standard InChI is InChI=1S/C16H15BrClN5O3/c1-8-4-5-9(6-10(8)17)19-11(24)7-23-12-13(20-15(23)18)21(2)16(26)22(3)14(12)25/h4-6H,7H2,1-3H3,(H,19,24). The fraction of sp³-hybridized carbons (Fsp3) is 0.250. The lowest BCUT2D eigenvalue weighted by molar-refractivity contribution is -0.116. The van der Waals surface area contributed by atoms with Crippen molar-refractivity contribution in [1.29, 1.82) is 0 Å². The molecule has 0 saturated carbocycles. The molecule has 1 aromatic carbocycles. The summed E-state index contributed by atoms with van der Waals surface area (Å²) < 4.78 is 4.32. The van der Waals surface area contributed by atoms with Crippen molar-refractivity contribution < 1.29 is 4.79 Å². The molecule has 8 nitrogen and oxygen atoms in total. The number of anilines is 1. The molecular formula is C16H15BrClN5O3. The minimum Gasteiger partial charge on any atom is -0.324 e. The lowest BCUT2D eigenvalue weighted by atomic mass is 10.2. The minimum atomic E-state index is -0.562. The minimum absolute atomic E-state index is 0.0430. The lowest BCUT2D eigenvalue weighted by Gasteiger charge is -2.09. The number of hydrogen-bond acceptors (Lipinski definition) is 4. The molecule has 2 aromatic heterocycles. The second kappa shape index (κ2) is 6.73. The zero-order chi connectivity index (χ0) is 19.2. The maximum atomic E-state index is 12.4. The predicted octanol–water partition coefficient (Wildman–Crippen LogP) is 1.80. The Morgan fingerprint density at radius 3 is 2.62 bits per heavy atom. The van der Waals surface area contributed by atoms with E-state index in [9.17, 15) is 14.4 Å². The molecule has 0 radical (unpaired) electrons. The van der Waals surface area contributed by atoms with Gasteiger partial charge < -0.3 is 5.32 Å². The number of benzene rings is 1. The van der Waals surface area contributed by atoms with E-state index in [1.54, 1.807) is 12.1 Å². The number of imidazole rings is 1. The highest BCUT2D eigenvalue weighted by molar-refractivity contribution is 9.10. The van der Waals surface area contributed by atoms with Gasteiger partial charge in [0.1, 0.15) is 6.54 Å². The Balaban J connectivity index is 1.99. The topological polar surface area (TPSA) is 90.9 Å². The summed E-state index contributed by atoms with van der Waals surface area (Å²) in [5, 5.41) is 2.70. The van der Waals surface area contributed by atoms with Gasteiger partial charge in [-0.25, -0.2) is 4.79 Å². The second-order valence-corrected chi connectivity index (χ2v) is 7.05. The van der Waals surface area contributed by atoms with Crippen molar-refractivity contribution >= 4 is 50.3 Å². The lowest BCUT2D eigenvalue weighted by Crippen LogP contribution is -2.37. The number of nitrogens with one attached hydrogen (secondary N) is 1. The molecular weight excluding hydrogens is 426 g/mol. The summed E-state index contributed by atoms with van der Waals surface area (Å²) in [5.74, 6) is -0.377. The number of aromatic nitrogens is 4. The van der Waals surface area contributed by atoms with Gasteiger partial charge in [-0.05, 0) is 36.2 Å². The average molecular weight is 441 g/mol. The van der Waals surface area contributed by atoms with E-state index in [1.807, 2.05) is 13.0 Å². The third-order valence-electron chi connectivity index (χ3n) is 4.06. The van der Waals surface area contributed by atoms with Crippen LogP contribution in [0.25, 0.3) is 11.2 Å². The molecule has 1 N–H and O–H groups in total. The molecule has 0 aliphatic heterocycles. The van der Waals surface area contributed by atoms with Gasteiger partial charge in [-0.15, -0.1) is 0 Å². The van der Waals surface area contributed by atoms with Gasteiger partial charge in [0.15, 0.2) is 11.2 Å². The van der Waals surface area contributed by atoms with Crippen molar-refractivity contribution in [3.63, 3.8) is 0 Å². The third kappa shape index (κ3) is 3.08. The van der Waals surface area contributed by atoms with E-state index >= 15 is 0 Å². The average Bonchev–Trinajstić information content (AvgIpc) is 2.91. The number of carbonyl (C=O) groups is 1. The molecule has 0 aliphatic rings. The molecule has 0 saturated heterocycles. The molecule has 1 amide bonds. The molecule has 0 spiro atoms. The van der Waals surface area contributed by atoms with Crippen molar-refractivity contribution in [3.05, 3.63) is 54.4 Å². The Kier molecular flexibility index (Phi) is 4.76. The van der Waals surface area contributed by atoms with E-state index in [2.05, 4.69) is 26.2 Å². The first-order valence-corrected chi connectivity index (χ1v) is 8.75. The van der Waals surface area contributed by atoms with Gasteiger partial charge in [-0.1, -0.05) is 22.0 Å². The van der Waals surface area contributed by atoms with E-state index in [1.165, 1.54) is 23.2 Å². The highest BCUT2D eigenvalue weighted by Crippen LogP contribution is 2.21. The van der Waals surface area contributed by atoms with Crippen LogP contribution in [0.1, 0.15) is 5.56 Å². The van der Waals surface area contributed by atoms with Crippen LogP contribution in [0, 0.1) is 6.92 Å². The van der Waals surface area contributed by atoms with E-state index in [0.717, 1.165) is 14.6 Å². The highest BCUT2D eigenvalue weighted by atomic mass is 79.9. The van der Waals surface area contributed by atoms with Gasteiger partial charge in [0.05, 0.1) is 0 Å².